The van der Waals surface area contributed by atoms with E-state index in [4.69, 9.17) is 14.9 Å². The number of carbonyl (C=O) groups excluding carboxylic acids is 1. The number of hydrogen-bond acceptors (Lipinski definition) is 3. The van der Waals surface area contributed by atoms with Crippen molar-refractivity contribution < 1.29 is 29.0 Å². The van der Waals surface area contributed by atoms with E-state index < -0.39 is 19.7 Å². The van der Waals surface area contributed by atoms with Crippen LogP contribution in [0.2, 0.25) is 0 Å². The molecule has 0 aliphatic heterocycles. The molecule has 8 heteroatoms. The third kappa shape index (κ3) is 5.14. The van der Waals surface area contributed by atoms with Gasteiger partial charge in [0.1, 0.15) is 5.70 Å². The zero-order valence-electron chi connectivity index (χ0n) is 10.8. The molecule has 0 bridgehead atoms. The van der Waals surface area contributed by atoms with Crippen molar-refractivity contribution in [3.63, 3.8) is 0 Å². The summed E-state index contributed by atoms with van der Waals surface area (Å²) in [6, 6.07) is 0. The summed E-state index contributed by atoms with van der Waals surface area (Å²) in [5.74, 6) is -1.90. The van der Waals surface area contributed by atoms with Gasteiger partial charge in [0.25, 0.3) is 0 Å². The second kappa shape index (κ2) is 5.45. The Morgan fingerprint density at radius 3 is 2.32 bits per heavy atom. The number of carboxylic acid groups (broad SMARTS) is 1. The molecule has 1 amide bonds. The minimum Gasteiger partial charge on any atom is -0.477 e. The van der Waals surface area contributed by atoms with Gasteiger partial charge in [-0.3, -0.25) is 9.36 Å². The maximum Gasteiger partial charge on any atom is 0.352 e. The van der Waals surface area contributed by atoms with Crippen molar-refractivity contribution >= 4 is 19.5 Å². The molecule has 1 saturated carbocycles. The zero-order chi connectivity index (χ0) is 14.8. The first-order chi connectivity index (χ1) is 8.53. The Morgan fingerprint density at radius 1 is 1.42 bits per heavy atom. The van der Waals surface area contributed by atoms with E-state index in [0.29, 0.717) is 6.42 Å². The van der Waals surface area contributed by atoms with E-state index in [1.54, 1.807) is 0 Å². The second-order valence-corrected chi connectivity index (χ2v) is 7.11. The van der Waals surface area contributed by atoms with E-state index in [9.17, 15) is 14.2 Å². The van der Waals surface area contributed by atoms with Crippen molar-refractivity contribution in [3.05, 3.63) is 11.8 Å². The van der Waals surface area contributed by atoms with E-state index in [1.807, 2.05) is 13.8 Å². The van der Waals surface area contributed by atoms with Crippen LogP contribution in [-0.2, 0) is 14.2 Å². The molecule has 0 saturated heterocycles. The number of allylic oxidation sites excluding steroid dienone is 1. The van der Waals surface area contributed by atoms with Crippen LogP contribution in [0, 0.1) is 11.3 Å². The molecule has 108 valence electrons. The monoisotopic (exact) mass is 291 g/mol. The highest BCUT2D eigenvalue weighted by atomic mass is 31.2. The first-order valence-corrected chi connectivity index (χ1v) is 7.61. The summed E-state index contributed by atoms with van der Waals surface area (Å²) >= 11 is 0. The largest absolute Gasteiger partial charge is 0.477 e. The van der Waals surface area contributed by atoms with Crippen LogP contribution in [0.25, 0.3) is 0 Å². The molecule has 1 aliphatic rings. The molecule has 1 fully saturated rings. The van der Waals surface area contributed by atoms with Crippen LogP contribution in [0.5, 0.6) is 0 Å². The lowest BCUT2D eigenvalue weighted by Gasteiger charge is -2.07. The zero-order valence-corrected chi connectivity index (χ0v) is 11.7. The molecule has 1 atom stereocenters. The third-order valence-corrected chi connectivity index (χ3v) is 3.93. The van der Waals surface area contributed by atoms with Crippen LogP contribution >= 0.6 is 7.60 Å². The van der Waals surface area contributed by atoms with Crippen molar-refractivity contribution in [3.8, 4) is 0 Å². The van der Waals surface area contributed by atoms with Gasteiger partial charge in [-0.15, -0.1) is 0 Å². The minimum absolute atomic E-state index is 0.111. The average molecular weight is 291 g/mol. The Bertz CT molecular complexity index is 464. The van der Waals surface area contributed by atoms with E-state index in [0.717, 1.165) is 6.08 Å². The van der Waals surface area contributed by atoms with Crippen LogP contribution < -0.4 is 5.32 Å². The van der Waals surface area contributed by atoms with Crippen molar-refractivity contribution in [2.45, 2.75) is 26.7 Å². The first-order valence-electron chi connectivity index (χ1n) is 5.82. The Hall–Kier alpha value is -1.17. The number of rotatable bonds is 6. The van der Waals surface area contributed by atoms with Crippen molar-refractivity contribution in [1.82, 2.24) is 5.32 Å². The maximum atomic E-state index is 11.7. The SMILES string of the molecule is CC1(C)CC1C(=O)N/C(=C\CCP(=O)(O)O)C(=O)O. The predicted molar refractivity (Wildman–Crippen MR) is 67.3 cm³/mol. The van der Waals surface area contributed by atoms with Gasteiger partial charge >= 0.3 is 13.6 Å². The number of aliphatic carboxylic acids is 1. The number of amides is 1. The summed E-state index contributed by atoms with van der Waals surface area (Å²) in [5.41, 5.74) is -0.444. The average Bonchev–Trinajstić information content (AvgIpc) is 2.84. The van der Waals surface area contributed by atoms with Gasteiger partial charge in [-0.1, -0.05) is 19.9 Å². The lowest BCUT2D eigenvalue weighted by Crippen LogP contribution is -2.29. The fourth-order valence-electron chi connectivity index (χ4n) is 1.70. The lowest BCUT2D eigenvalue weighted by molar-refractivity contribution is -0.135. The second-order valence-electron chi connectivity index (χ2n) is 5.33. The van der Waals surface area contributed by atoms with Gasteiger partial charge in [-0.25, -0.2) is 4.79 Å². The fourth-order valence-corrected chi connectivity index (χ4v) is 2.17. The molecule has 19 heavy (non-hydrogen) atoms. The van der Waals surface area contributed by atoms with E-state index in [1.165, 1.54) is 0 Å². The van der Waals surface area contributed by atoms with E-state index >= 15 is 0 Å². The fraction of sp³-hybridized carbons (Fsp3) is 0.636. The molecule has 0 aromatic rings. The molecule has 4 N–H and O–H groups in total. The van der Waals surface area contributed by atoms with Crippen molar-refractivity contribution in [2.24, 2.45) is 11.3 Å². The normalized spacial score (nSPS) is 21.9. The summed E-state index contributed by atoms with van der Waals surface area (Å²) in [4.78, 5) is 40.0. The first kappa shape index (κ1) is 15.9. The molecule has 0 heterocycles. The Balaban J connectivity index is 2.59. The van der Waals surface area contributed by atoms with Gasteiger partial charge in [-0.05, 0) is 18.3 Å². The molecular weight excluding hydrogens is 273 g/mol. The van der Waals surface area contributed by atoms with Gasteiger partial charge < -0.3 is 20.2 Å². The Labute approximate surface area is 110 Å². The molecule has 0 aromatic heterocycles. The number of carboxylic acids is 1. The molecular formula is C11H18NO6P. The van der Waals surface area contributed by atoms with E-state index in [2.05, 4.69) is 5.32 Å². The summed E-state index contributed by atoms with van der Waals surface area (Å²) in [6.45, 7) is 3.82. The Morgan fingerprint density at radius 2 is 1.95 bits per heavy atom. The summed E-state index contributed by atoms with van der Waals surface area (Å²) < 4.78 is 10.6. The standard InChI is InChI=1S/C11H18NO6P/c1-11(2)6-7(11)9(13)12-8(10(14)15)4-3-5-19(16,17)18/h4,7H,3,5-6H2,1-2H3,(H,12,13)(H,14,15)(H2,16,17,18)/b8-4-. The minimum atomic E-state index is -4.16. The smallest absolute Gasteiger partial charge is 0.352 e. The molecule has 1 unspecified atom stereocenters. The highest BCUT2D eigenvalue weighted by molar-refractivity contribution is 7.51. The molecule has 1 aliphatic carbocycles. The highest BCUT2D eigenvalue weighted by Crippen LogP contribution is 2.51. The topological polar surface area (TPSA) is 124 Å². The summed E-state index contributed by atoms with van der Waals surface area (Å²) in [6.07, 6.45) is 1.26. The molecule has 0 spiro atoms. The van der Waals surface area contributed by atoms with Crippen molar-refractivity contribution in [1.29, 1.82) is 0 Å². The lowest BCUT2D eigenvalue weighted by atomic mass is 10.1. The molecule has 1 rings (SSSR count). The van der Waals surface area contributed by atoms with Gasteiger partial charge in [0.2, 0.25) is 5.91 Å². The molecule has 0 aromatic carbocycles. The van der Waals surface area contributed by atoms with Crippen LogP contribution in [0.3, 0.4) is 0 Å². The van der Waals surface area contributed by atoms with Crippen LogP contribution in [-0.4, -0.2) is 32.9 Å². The van der Waals surface area contributed by atoms with E-state index in [-0.39, 0.29) is 29.4 Å². The van der Waals surface area contributed by atoms with Crippen molar-refractivity contribution in [2.75, 3.05) is 6.16 Å². The van der Waals surface area contributed by atoms with Gasteiger partial charge in [0.05, 0.1) is 6.16 Å². The Kier molecular flexibility index (Phi) is 4.55. The molecule has 7 nitrogen and oxygen atoms in total. The highest BCUT2D eigenvalue weighted by Gasteiger charge is 2.50. The van der Waals surface area contributed by atoms with Crippen LogP contribution in [0.15, 0.2) is 11.8 Å². The number of nitrogens with one attached hydrogen (secondary N) is 1. The number of carbonyl (C=O) groups is 2. The quantitative estimate of drug-likeness (QED) is 0.421. The maximum absolute atomic E-state index is 11.7. The summed E-state index contributed by atoms with van der Waals surface area (Å²) in [7, 11) is -4.16. The summed E-state index contributed by atoms with van der Waals surface area (Å²) in [5, 5.41) is 11.2. The van der Waals surface area contributed by atoms with Gasteiger partial charge in [0.15, 0.2) is 0 Å². The molecule has 0 radical (unpaired) electrons. The van der Waals surface area contributed by atoms with Crippen LogP contribution in [0.4, 0.5) is 0 Å². The van der Waals surface area contributed by atoms with Gasteiger partial charge in [-0.2, -0.15) is 0 Å². The third-order valence-electron chi connectivity index (χ3n) is 3.09. The van der Waals surface area contributed by atoms with Crippen LogP contribution in [0.1, 0.15) is 26.7 Å². The van der Waals surface area contributed by atoms with Gasteiger partial charge in [0, 0.05) is 5.92 Å². The predicted octanol–water partition coefficient (Wildman–Crippen LogP) is 0.685. The number of hydrogen-bond donors (Lipinski definition) is 4.